The minimum absolute atomic E-state index is 0.0357. The van der Waals surface area contributed by atoms with Crippen molar-refractivity contribution in [3.05, 3.63) is 52.6 Å². The van der Waals surface area contributed by atoms with E-state index in [9.17, 15) is 10.1 Å². The molecule has 2 aromatic carbocycles. The van der Waals surface area contributed by atoms with E-state index < -0.39 is 4.92 Å². The largest absolute Gasteiger partial charge is 0.497 e. The highest BCUT2D eigenvalue weighted by molar-refractivity contribution is 7.98. The van der Waals surface area contributed by atoms with Crippen molar-refractivity contribution in [3.63, 3.8) is 0 Å². The van der Waals surface area contributed by atoms with E-state index in [0.717, 1.165) is 11.3 Å². The summed E-state index contributed by atoms with van der Waals surface area (Å²) in [5.74, 6) is 1.34. The van der Waals surface area contributed by atoms with E-state index in [1.807, 2.05) is 30.5 Å². The summed E-state index contributed by atoms with van der Waals surface area (Å²) in [6.07, 6.45) is 1.89. The van der Waals surface area contributed by atoms with Gasteiger partial charge in [-0.3, -0.25) is 10.1 Å². The zero-order valence-electron chi connectivity index (χ0n) is 12.5. The smallest absolute Gasteiger partial charge is 0.270 e. The van der Waals surface area contributed by atoms with Crippen molar-refractivity contribution in [1.82, 2.24) is 9.97 Å². The highest BCUT2D eigenvalue weighted by Gasteiger charge is 2.13. The first-order chi connectivity index (χ1) is 11.1. The van der Waals surface area contributed by atoms with Crippen LogP contribution in [0.15, 0.2) is 47.5 Å². The highest BCUT2D eigenvalue weighted by atomic mass is 32.2. The van der Waals surface area contributed by atoms with Crippen LogP contribution >= 0.6 is 11.8 Å². The lowest BCUT2D eigenvalue weighted by Gasteiger charge is -2.07. The summed E-state index contributed by atoms with van der Waals surface area (Å²) < 4.78 is 5.15. The monoisotopic (exact) mass is 327 g/mol. The summed E-state index contributed by atoms with van der Waals surface area (Å²) >= 11 is 1.44. The number of nitro benzene ring substituents is 1. The maximum atomic E-state index is 10.9. The van der Waals surface area contributed by atoms with E-state index in [2.05, 4.69) is 9.97 Å². The molecule has 3 rings (SSSR count). The maximum Gasteiger partial charge on any atom is 0.270 e. The van der Waals surface area contributed by atoms with Gasteiger partial charge in [0.25, 0.3) is 5.69 Å². The molecule has 6 nitrogen and oxygen atoms in total. The van der Waals surface area contributed by atoms with Crippen molar-refractivity contribution in [2.24, 2.45) is 0 Å². The van der Waals surface area contributed by atoms with E-state index in [4.69, 9.17) is 4.74 Å². The van der Waals surface area contributed by atoms with E-state index in [1.54, 1.807) is 13.2 Å². The molecule has 0 fully saturated rings. The van der Waals surface area contributed by atoms with Crippen LogP contribution < -0.4 is 4.74 Å². The summed E-state index contributed by atoms with van der Waals surface area (Å²) in [7, 11) is 1.61. The fraction of sp³-hybridized carbons (Fsp3) is 0.125. The molecule has 3 aromatic rings. The van der Waals surface area contributed by atoms with Gasteiger partial charge in [0, 0.05) is 23.1 Å². The van der Waals surface area contributed by atoms with Crippen LogP contribution in [-0.2, 0) is 0 Å². The quantitative estimate of drug-likeness (QED) is 0.313. The third-order valence-corrected chi connectivity index (χ3v) is 4.09. The molecule has 116 valence electrons. The van der Waals surface area contributed by atoms with Gasteiger partial charge in [0.15, 0.2) is 5.82 Å². The van der Waals surface area contributed by atoms with Crippen molar-refractivity contribution in [2.45, 2.75) is 5.03 Å². The number of thioether (sulfide) groups is 1. The van der Waals surface area contributed by atoms with E-state index in [-0.39, 0.29) is 5.69 Å². The Hall–Kier alpha value is -2.67. The summed E-state index contributed by atoms with van der Waals surface area (Å²) in [6, 6.07) is 12.1. The summed E-state index contributed by atoms with van der Waals surface area (Å²) in [5, 5.41) is 12.3. The molecule has 0 bridgehead atoms. The van der Waals surface area contributed by atoms with E-state index in [1.165, 1.54) is 23.9 Å². The van der Waals surface area contributed by atoms with Crippen LogP contribution in [0.2, 0.25) is 0 Å². The Morgan fingerprint density at radius 1 is 1.13 bits per heavy atom. The Labute approximate surface area is 136 Å². The predicted molar refractivity (Wildman–Crippen MR) is 90.0 cm³/mol. The van der Waals surface area contributed by atoms with Crippen molar-refractivity contribution >= 4 is 28.4 Å². The van der Waals surface area contributed by atoms with Crippen LogP contribution in [0.3, 0.4) is 0 Å². The fourth-order valence-corrected chi connectivity index (χ4v) is 2.79. The molecule has 0 saturated heterocycles. The van der Waals surface area contributed by atoms with Gasteiger partial charge in [-0.2, -0.15) is 0 Å². The van der Waals surface area contributed by atoms with Gasteiger partial charge in [-0.15, -0.1) is 11.8 Å². The number of ether oxygens (including phenoxy) is 1. The number of methoxy groups -OCH3 is 1. The summed E-state index contributed by atoms with van der Waals surface area (Å²) in [5.41, 5.74) is 1.58. The Bertz CT molecular complexity index is 882. The van der Waals surface area contributed by atoms with Gasteiger partial charge in [0.2, 0.25) is 0 Å². The lowest BCUT2D eigenvalue weighted by Crippen LogP contribution is -1.95. The zero-order chi connectivity index (χ0) is 16.4. The Morgan fingerprint density at radius 2 is 1.87 bits per heavy atom. The second-order valence-electron chi connectivity index (χ2n) is 4.74. The van der Waals surface area contributed by atoms with Crippen LogP contribution in [0.5, 0.6) is 5.75 Å². The molecule has 0 spiro atoms. The van der Waals surface area contributed by atoms with Crippen LogP contribution in [0.25, 0.3) is 22.3 Å². The molecule has 23 heavy (non-hydrogen) atoms. The van der Waals surface area contributed by atoms with Crippen LogP contribution in [0, 0.1) is 10.1 Å². The molecular formula is C16H13N3O3S. The Kier molecular flexibility index (Phi) is 4.12. The molecule has 0 unspecified atom stereocenters. The lowest BCUT2D eigenvalue weighted by atomic mass is 10.2. The van der Waals surface area contributed by atoms with Gasteiger partial charge in [0.1, 0.15) is 10.8 Å². The number of nitro groups is 1. The van der Waals surface area contributed by atoms with Gasteiger partial charge in [-0.05, 0) is 36.6 Å². The van der Waals surface area contributed by atoms with Gasteiger partial charge in [-0.25, -0.2) is 9.97 Å². The molecule has 0 aliphatic heterocycles. The third kappa shape index (κ3) is 2.95. The van der Waals surface area contributed by atoms with Crippen molar-refractivity contribution in [3.8, 4) is 17.1 Å². The summed E-state index contributed by atoms with van der Waals surface area (Å²) in [6.45, 7) is 0. The van der Waals surface area contributed by atoms with Crippen LogP contribution in [0.4, 0.5) is 5.69 Å². The van der Waals surface area contributed by atoms with Crippen molar-refractivity contribution in [1.29, 1.82) is 0 Å². The molecule has 0 saturated carbocycles. The third-order valence-electron chi connectivity index (χ3n) is 3.40. The molecule has 0 aliphatic carbocycles. The fourth-order valence-electron chi connectivity index (χ4n) is 2.23. The van der Waals surface area contributed by atoms with Gasteiger partial charge in [0.05, 0.1) is 17.5 Å². The molecule has 0 radical (unpaired) electrons. The maximum absolute atomic E-state index is 10.9. The van der Waals surface area contributed by atoms with Crippen molar-refractivity contribution in [2.75, 3.05) is 13.4 Å². The van der Waals surface area contributed by atoms with Gasteiger partial charge >= 0.3 is 0 Å². The number of nitrogens with zero attached hydrogens (tertiary/aromatic N) is 3. The number of benzene rings is 2. The molecule has 0 amide bonds. The second-order valence-corrected chi connectivity index (χ2v) is 5.54. The molecule has 1 heterocycles. The minimum atomic E-state index is -0.416. The van der Waals surface area contributed by atoms with Gasteiger partial charge < -0.3 is 4.74 Å². The first kappa shape index (κ1) is 15.2. The molecular weight excluding hydrogens is 314 g/mol. The molecule has 7 heteroatoms. The standard InChI is InChI=1S/C16H13N3O3S/c1-22-12-6-3-10(4-7-12)15-17-14-8-5-11(19(20)21)9-13(14)16(18-15)23-2/h3-9H,1-2H3. The number of non-ortho nitro benzene ring substituents is 1. The van der Waals surface area contributed by atoms with Gasteiger partial charge in [-0.1, -0.05) is 0 Å². The van der Waals surface area contributed by atoms with E-state index in [0.29, 0.717) is 21.8 Å². The second kappa shape index (κ2) is 6.21. The predicted octanol–water partition coefficient (Wildman–Crippen LogP) is 3.94. The Balaban J connectivity index is 2.15. The first-order valence-corrected chi connectivity index (χ1v) is 7.99. The lowest BCUT2D eigenvalue weighted by molar-refractivity contribution is -0.384. The Morgan fingerprint density at radius 3 is 2.48 bits per heavy atom. The molecule has 0 N–H and O–H groups in total. The molecule has 0 atom stereocenters. The van der Waals surface area contributed by atoms with E-state index >= 15 is 0 Å². The topological polar surface area (TPSA) is 78.2 Å². The average Bonchev–Trinajstić information content (AvgIpc) is 2.60. The van der Waals surface area contributed by atoms with Crippen LogP contribution in [0.1, 0.15) is 0 Å². The molecule has 0 aliphatic rings. The summed E-state index contributed by atoms with van der Waals surface area (Å²) in [4.78, 5) is 19.6. The average molecular weight is 327 g/mol. The minimum Gasteiger partial charge on any atom is -0.497 e. The first-order valence-electron chi connectivity index (χ1n) is 6.77. The SMILES string of the molecule is COc1ccc(-c2nc(SC)c3cc([N+](=O)[O-])ccc3n2)cc1. The van der Waals surface area contributed by atoms with Crippen LogP contribution in [-0.4, -0.2) is 28.3 Å². The number of aromatic nitrogens is 2. The van der Waals surface area contributed by atoms with Crippen molar-refractivity contribution < 1.29 is 9.66 Å². The number of hydrogen-bond donors (Lipinski definition) is 0. The normalized spacial score (nSPS) is 10.7. The zero-order valence-corrected chi connectivity index (χ0v) is 13.3. The number of fused-ring (bicyclic) bond motifs is 1. The number of rotatable bonds is 4. The molecule has 1 aromatic heterocycles. The number of hydrogen-bond acceptors (Lipinski definition) is 6. The highest BCUT2D eigenvalue weighted by Crippen LogP contribution is 2.30.